The zero-order valence-electron chi connectivity index (χ0n) is 17.6. The Kier molecular flexibility index (Phi) is 8.98. The van der Waals surface area contributed by atoms with Crippen molar-refractivity contribution in [1.82, 2.24) is 10.2 Å². The summed E-state index contributed by atoms with van der Waals surface area (Å²) >= 11 is 0. The molecule has 1 heterocycles. The number of hydrogen-bond acceptors (Lipinski definition) is 5. The van der Waals surface area contributed by atoms with Crippen LogP contribution in [0.5, 0.6) is 0 Å². The van der Waals surface area contributed by atoms with Crippen molar-refractivity contribution in [2.75, 3.05) is 13.1 Å². The van der Waals surface area contributed by atoms with Crippen molar-refractivity contribution in [2.24, 2.45) is 11.8 Å². The van der Waals surface area contributed by atoms with E-state index < -0.39 is 25.3 Å². The normalized spacial score (nSPS) is 19.2. The molecule has 1 fully saturated rings. The fraction of sp³-hybridized carbons (Fsp3) is 0.619. The first kappa shape index (κ1) is 23.2. The van der Waals surface area contributed by atoms with Crippen LogP contribution in [0.1, 0.15) is 45.6 Å². The van der Waals surface area contributed by atoms with E-state index in [1.807, 2.05) is 51.1 Å². The standard InChI is InChI=1S/C21H33BN2O5/c1-15(2)16(3)20(25)24-12-8-7-11-18(14-24)29-21(26)23-19(22(27)28)13-17-9-5-4-6-10-17/h4-6,9-10,15-16,18-19,27-28H,7-8,11-14H2,1-3H3,(H,23,26)/t16?,18-,19+/m1/s1. The van der Waals surface area contributed by atoms with E-state index in [0.717, 1.165) is 18.4 Å². The van der Waals surface area contributed by atoms with Gasteiger partial charge in [0.05, 0.1) is 12.5 Å². The predicted molar refractivity (Wildman–Crippen MR) is 112 cm³/mol. The zero-order valence-corrected chi connectivity index (χ0v) is 17.6. The van der Waals surface area contributed by atoms with Gasteiger partial charge in [0.2, 0.25) is 5.91 Å². The number of amides is 2. The number of rotatable bonds is 7. The maximum Gasteiger partial charge on any atom is 0.475 e. The van der Waals surface area contributed by atoms with Gasteiger partial charge in [-0.1, -0.05) is 51.1 Å². The van der Waals surface area contributed by atoms with Gasteiger partial charge in [-0.25, -0.2) is 4.79 Å². The largest absolute Gasteiger partial charge is 0.475 e. The van der Waals surface area contributed by atoms with Gasteiger partial charge in [-0.05, 0) is 37.2 Å². The minimum absolute atomic E-state index is 0.0811. The van der Waals surface area contributed by atoms with Crippen molar-refractivity contribution in [3.05, 3.63) is 35.9 Å². The molecule has 3 N–H and O–H groups in total. The second-order valence-corrected chi connectivity index (χ2v) is 8.19. The number of nitrogens with one attached hydrogen (secondary N) is 1. The summed E-state index contributed by atoms with van der Waals surface area (Å²) in [6.07, 6.45) is 1.59. The van der Waals surface area contributed by atoms with Crippen LogP contribution in [-0.2, 0) is 16.0 Å². The molecule has 1 unspecified atom stereocenters. The molecular formula is C21H33BN2O5. The number of nitrogens with zero attached hydrogens (tertiary/aromatic N) is 1. The number of hydrogen-bond donors (Lipinski definition) is 3. The van der Waals surface area contributed by atoms with Crippen molar-refractivity contribution in [2.45, 2.75) is 58.5 Å². The smallest absolute Gasteiger partial charge is 0.444 e. The maximum atomic E-state index is 12.7. The van der Waals surface area contributed by atoms with E-state index in [1.165, 1.54) is 0 Å². The average Bonchev–Trinajstić information content (AvgIpc) is 2.92. The summed E-state index contributed by atoms with van der Waals surface area (Å²) in [5, 5.41) is 21.8. The lowest BCUT2D eigenvalue weighted by Crippen LogP contribution is -2.49. The summed E-state index contributed by atoms with van der Waals surface area (Å²) < 4.78 is 5.54. The third-order valence-corrected chi connectivity index (χ3v) is 5.56. The Bertz CT molecular complexity index is 656. The lowest BCUT2D eigenvalue weighted by Gasteiger charge is -2.28. The molecule has 160 valence electrons. The SMILES string of the molecule is CC(C)C(C)C(=O)N1CCCC[C@@H](OC(=O)N[C@@H](Cc2ccccc2)B(O)O)C1. The van der Waals surface area contributed by atoms with Gasteiger partial charge in [-0.2, -0.15) is 0 Å². The molecule has 1 aromatic carbocycles. The molecule has 0 radical (unpaired) electrons. The van der Waals surface area contributed by atoms with E-state index >= 15 is 0 Å². The van der Waals surface area contributed by atoms with Crippen molar-refractivity contribution >= 4 is 19.1 Å². The second-order valence-electron chi connectivity index (χ2n) is 8.19. The topological polar surface area (TPSA) is 99.1 Å². The molecule has 0 aliphatic carbocycles. The van der Waals surface area contributed by atoms with Crippen molar-refractivity contribution < 1.29 is 24.4 Å². The van der Waals surface area contributed by atoms with Crippen LogP contribution in [0.3, 0.4) is 0 Å². The van der Waals surface area contributed by atoms with Crippen LogP contribution in [0.4, 0.5) is 4.79 Å². The number of likely N-dealkylation sites (tertiary alicyclic amines) is 1. The van der Waals surface area contributed by atoms with Crippen molar-refractivity contribution in [3.8, 4) is 0 Å². The van der Waals surface area contributed by atoms with Gasteiger partial charge in [0.1, 0.15) is 6.10 Å². The number of carbonyl (C=O) groups is 2. The van der Waals surface area contributed by atoms with Crippen LogP contribution >= 0.6 is 0 Å². The Labute approximate surface area is 173 Å². The summed E-state index contributed by atoms with van der Waals surface area (Å²) in [4.78, 5) is 26.9. The van der Waals surface area contributed by atoms with E-state index in [-0.39, 0.29) is 24.2 Å². The minimum Gasteiger partial charge on any atom is -0.444 e. The van der Waals surface area contributed by atoms with Gasteiger partial charge >= 0.3 is 13.2 Å². The maximum absolute atomic E-state index is 12.7. The van der Waals surface area contributed by atoms with Crippen LogP contribution < -0.4 is 5.32 Å². The Morgan fingerprint density at radius 2 is 1.90 bits per heavy atom. The van der Waals surface area contributed by atoms with Gasteiger partial charge in [-0.15, -0.1) is 0 Å². The molecule has 3 atom stereocenters. The van der Waals surface area contributed by atoms with Gasteiger partial charge in [-0.3, -0.25) is 4.79 Å². The molecular weight excluding hydrogens is 371 g/mol. The van der Waals surface area contributed by atoms with Crippen molar-refractivity contribution in [3.63, 3.8) is 0 Å². The van der Waals surface area contributed by atoms with E-state index in [4.69, 9.17) is 4.74 Å². The van der Waals surface area contributed by atoms with E-state index in [9.17, 15) is 19.6 Å². The predicted octanol–water partition coefficient (Wildman–Crippen LogP) is 2.01. The molecule has 1 saturated heterocycles. The third-order valence-electron chi connectivity index (χ3n) is 5.56. The van der Waals surface area contributed by atoms with Crippen LogP contribution in [0.15, 0.2) is 30.3 Å². The van der Waals surface area contributed by atoms with E-state index in [2.05, 4.69) is 5.32 Å². The van der Waals surface area contributed by atoms with Gasteiger partial charge in [0.15, 0.2) is 0 Å². The summed E-state index contributed by atoms with van der Waals surface area (Å²) in [7, 11) is -1.71. The summed E-state index contributed by atoms with van der Waals surface area (Å²) in [6, 6.07) is 9.28. The van der Waals surface area contributed by atoms with Crippen molar-refractivity contribution in [1.29, 1.82) is 0 Å². The Balaban J connectivity index is 1.94. The highest BCUT2D eigenvalue weighted by Crippen LogP contribution is 2.19. The molecule has 8 heteroatoms. The average molecular weight is 404 g/mol. The first-order valence-corrected chi connectivity index (χ1v) is 10.4. The summed E-state index contributed by atoms with van der Waals surface area (Å²) in [6.45, 7) is 7.01. The Morgan fingerprint density at radius 3 is 2.52 bits per heavy atom. The van der Waals surface area contributed by atoms with Crippen LogP contribution in [0, 0.1) is 11.8 Å². The Hall–Kier alpha value is -2.06. The zero-order chi connectivity index (χ0) is 21.4. The molecule has 29 heavy (non-hydrogen) atoms. The van der Waals surface area contributed by atoms with Crippen LogP contribution in [0.25, 0.3) is 0 Å². The van der Waals surface area contributed by atoms with E-state index in [1.54, 1.807) is 4.90 Å². The van der Waals surface area contributed by atoms with Gasteiger partial charge in [0.25, 0.3) is 0 Å². The molecule has 7 nitrogen and oxygen atoms in total. The van der Waals surface area contributed by atoms with Gasteiger partial charge < -0.3 is 25.0 Å². The van der Waals surface area contributed by atoms with E-state index in [0.29, 0.717) is 19.5 Å². The molecule has 2 rings (SSSR count). The number of ether oxygens (including phenoxy) is 1. The first-order chi connectivity index (χ1) is 13.8. The summed E-state index contributed by atoms with van der Waals surface area (Å²) in [5.74, 6) is -0.626. The third kappa shape index (κ3) is 7.36. The molecule has 1 aliphatic rings. The molecule has 0 aromatic heterocycles. The highest BCUT2D eigenvalue weighted by atomic mass is 16.6. The Morgan fingerprint density at radius 1 is 1.21 bits per heavy atom. The highest BCUT2D eigenvalue weighted by Gasteiger charge is 2.30. The fourth-order valence-corrected chi connectivity index (χ4v) is 3.41. The van der Waals surface area contributed by atoms with Crippen LogP contribution in [-0.4, -0.2) is 59.2 Å². The summed E-state index contributed by atoms with van der Waals surface area (Å²) in [5.41, 5.74) is 0.875. The van der Waals surface area contributed by atoms with Crippen LogP contribution in [0.2, 0.25) is 0 Å². The molecule has 0 bridgehead atoms. The monoisotopic (exact) mass is 404 g/mol. The fourth-order valence-electron chi connectivity index (χ4n) is 3.41. The number of benzene rings is 1. The minimum atomic E-state index is -1.71. The number of carbonyl (C=O) groups excluding carboxylic acids is 2. The molecule has 2 amide bonds. The highest BCUT2D eigenvalue weighted by molar-refractivity contribution is 6.43. The lowest BCUT2D eigenvalue weighted by atomic mass is 9.76. The second kappa shape index (κ2) is 11.2. The quantitative estimate of drug-likeness (QED) is 0.604. The molecule has 1 aliphatic heterocycles. The molecule has 1 aromatic rings. The molecule has 0 spiro atoms. The first-order valence-electron chi connectivity index (χ1n) is 10.4. The van der Waals surface area contributed by atoms with Gasteiger partial charge in [0, 0.05) is 12.5 Å². The number of alkyl carbamates (subject to hydrolysis) is 1. The lowest BCUT2D eigenvalue weighted by molar-refractivity contribution is -0.137. The molecule has 0 saturated carbocycles.